The molecule has 3 fully saturated rings. The minimum absolute atomic E-state index is 0.0556. The van der Waals surface area contributed by atoms with Crippen molar-refractivity contribution >= 4 is 41.4 Å². The van der Waals surface area contributed by atoms with Crippen LogP contribution in [0, 0.1) is 5.92 Å². The summed E-state index contributed by atoms with van der Waals surface area (Å²) in [6.45, 7) is 0.0556. The Labute approximate surface area is 278 Å². The highest BCUT2D eigenvalue weighted by atomic mass is 32.1. The lowest BCUT2D eigenvalue weighted by atomic mass is 10.0. The van der Waals surface area contributed by atoms with Crippen molar-refractivity contribution in [1.82, 2.24) is 15.5 Å². The second-order valence-electron chi connectivity index (χ2n) is 12.9. The summed E-state index contributed by atoms with van der Waals surface area (Å²) in [6, 6.07) is 9.93. The molecule has 3 N–H and O–H groups in total. The molecule has 1 aromatic carbocycles. The van der Waals surface area contributed by atoms with E-state index in [0.717, 1.165) is 60.9 Å². The summed E-state index contributed by atoms with van der Waals surface area (Å²) in [5.41, 5.74) is 0.458. The van der Waals surface area contributed by atoms with Crippen molar-refractivity contribution in [1.29, 1.82) is 0 Å². The predicted molar refractivity (Wildman–Crippen MR) is 177 cm³/mol. The van der Waals surface area contributed by atoms with Crippen LogP contribution in [0.3, 0.4) is 0 Å². The molecule has 3 amide bonds. The summed E-state index contributed by atoms with van der Waals surface area (Å²) < 4.78 is 5.61. The van der Waals surface area contributed by atoms with Crippen LogP contribution in [0.25, 0.3) is 10.4 Å². The van der Waals surface area contributed by atoms with E-state index in [-0.39, 0.29) is 31.4 Å². The van der Waals surface area contributed by atoms with Gasteiger partial charge in [0.1, 0.15) is 29.8 Å². The zero-order valence-electron chi connectivity index (χ0n) is 26.3. The fourth-order valence-electron chi connectivity index (χ4n) is 6.91. The Morgan fingerprint density at radius 3 is 2.64 bits per heavy atom. The van der Waals surface area contributed by atoms with Crippen LogP contribution in [0.2, 0.25) is 0 Å². The van der Waals surface area contributed by atoms with E-state index in [9.17, 15) is 24.3 Å². The maximum absolute atomic E-state index is 14.2. The summed E-state index contributed by atoms with van der Waals surface area (Å²) in [7, 11) is 0. The Kier molecular flexibility index (Phi) is 10.2. The molecule has 5 atom stereocenters. The van der Waals surface area contributed by atoms with Crippen LogP contribution in [-0.2, 0) is 24.0 Å². The lowest BCUT2D eigenvalue weighted by Gasteiger charge is -2.29. The minimum Gasteiger partial charge on any atom is -0.479 e. The molecule has 1 aromatic heterocycles. The van der Waals surface area contributed by atoms with Crippen LogP contribution in [0.5, 0.6) is 0 Å². The summed E-state index contributed by atoms with van der Waals surface area (Å²) >= 11 is 1.62. The Hall–Kier alpha value is -4.19. The molecule has 47 heavy (non-hydrogen) atoms. The van der Waals surface area contributed by atoms with E-state index in [1.54, 1.807) is 17.6 Å². The van der Waals surface area contributed by atoms with Gasteiger partial charge in [0, 0.05) is 28.3 Å². The minimum atomic E-state index is -1.41. The van der Waals surface area contributed by atoms with Crippen molar-refractivity contribution in [2.45, 2.75) is 100 Å². The third-order valence-electron chi connectivity index (χ3n) is 9.64. The number of carbonyl (C=O) groups is 4. The molecule has 0 unspecified atom stereocenters. The first-order chi connectivity index (χ1) is 22.8. The number of benzene rings is 1. The molecule has 0 bridgehead atoms. The molecule has 0 radical (unpaired) electrons. The Bertz CT molecular complexity index is 1500. The van der Waals surface area contributed by atoms with E-state index in [0.29, 0.717) is 12.8 Å². The number of rotatable bonds is 7. The Balaban J connectivity index is 1.22. The number of ether oxygens (including phenoxy) is 1. The molecular weight excluding hydrogens is 620 g/mol. The van der Waals surface area contributed by atoms with Gasteiger partial charge in [-0.15, -0.1) is 11.3 Å². The second kappa shape index (κ2) is 14.7. The molecule has 2 aromatic rings. The van der Waals surface area contributed by atoms with Crippen molar-refractivity contribution in [3.8, 4) is 10.4 Å². The highest BCUT2D eigenvalue weighted by molar-refractivity contribution is 7.13. The number of nitrogens with one attached hydrogen (secondary N) is 2. The first kappa shape index (κ1) is 32.7. The lowest BCUT2D eigenvalue weighted by Crippen LogP contribution is -2.56. The predicted octanol–water partition coefficient (Wildman–Crippen LogP) is 5.25. The summed E-state index contributed by atoms with van der Waals surface area (Å²) in [6.07, 6.45) is 11.6. The SMILES string of the molecule is O=C(N[C@@H]1CCCCC/C=C\[C@H]2C[C@]2(C(=O)O)NC(=O)[C@@H]2C[C@@H](O/N=C/c3ccccc3-c3cccs3)CN2C1=O)OC1CCCC1. The van der Waals surface area contributed by atoms with Gasteiger partial charge in [0.05, 0.1) is 12.8 Å². The number of carboxylic acid groups (broad SMARTS) is 1. The highest BCUT2D eigenvalue weighted by Crippen LogP contribution is 2.45. The highest BCUT2D eigenvalue weighted by Gasteiger charge is 2.61. The van der Waals surface area contributed by atoms with E-state index < -0.39 is 47.6 Å². The molecule has 2 saturated carbocycles. The van der Waals surface area contributed by atoms with Gasteiger partial charge in [-0.2, -0.15) is 0 Å². The van der Waals surface area contributed by atoms with Crippen LogP contribution < -0.4 is 10.6 Å². The zero-order valence-corrected chi connectivity index (χ0v) is 27.2. The monoisotopic (exact) mass is 662 g/mol. The van der Waals surface area contributed by atoms with Gasteiger partial charge in [0.25, 0.3) is 0 Å². The van der Waals surface area contributed by atoms with Crippen molar-refractivity contribution < 1.29 is 33.9 Å². The number of allylic oxidation sites excluding steroid dienone is 1. The summed E-state index contributed by atoms with van der Waals surface area (Å²) in [4.78, 5) is 61.6. The first-order valence-electron chi connectivity index (χ1n) is 16.7. The van der Waals surface area contributed by atoms with Crippen LogP contribution >= 0.6 is 11.3 Å². The molecule has 2 aliphatic carbocycles. The number of aliphatic carboxylic acids is 1. The van der Waals surface area contributed by atoms with E-state index in [4.69, 9.17) is 9.57 Å². The van der Waals surface area contributed by atoms with Crippen molar-refractivity contribution in [2.24, 2.45) is 11.1 Å². The van der Waals surface area contributed by atoms with E-state index in [1.807, 2.05) is 53.9 Å². The lowest BCUT2D eigenvalue weighted by molar-refractivity contribution is -0.145. The van der Waals surface area contributed by atoms with Crippen molar-refractivity contribution in [3.63, 3.8) is 0 Å². The van der Waals surface area contributed by atoms with Crippen LogP contribution in [0.15, 0.2) is 59.1 Å². The third kappa shape index (κ3) is 7.69. The van der Waals surface area contributed by atoms with Gasteiger partial charge < -0.3 is 30.2 Å². The van der Waals surface area contributed by atoms with Gasteiger partial charge >= 0.3 is 12.1 Å². The molecule has 2 aliphatic heterocycles. The smallest absolute Gasteiger partial charge is 0.408 e. The normalized spacial score (nSPS) is 29.2. The van der Waals surface area contributed by atoms with Crippen LogP contribution in [-0.4, -0.2) is 76.5 Å². The number of fused-ring (bicyclic) bond motifs is 2. The number of oxime groups is 1. The van der Waals surface area contributed by atoms with Gasteiger partial charge in [0.2, 0.25) is 11.8 Å². The molecule has 0 spiro atoms. The van der Waals surface area contributed by atoms with Crippen molar-refractivity contribution in [3.05, 3.63) is 59.5 Å². The number of nitrogens with zero attached hydrogens (tertiary/aromatic N) is 2. The largest absolute Gasteiger partial charge is 0.479 e. The standard InChI is InChI=1S/C35H42N4O7S/c40-31-29-19-26(46-36-21-23-11-6-9-15-27(23)30-17-10-18-47-30)22-39(29)32(41)28(37-34(44)45-25-13-7-8-14-25)16-5-3-1-2-4-12-24-20-35(24,38-31)33(42)43/h4,6,9-12,15,17-18,21,24-26,28-29H,1-3,5,7-8,13-14,16,19-20,22H2,(H,37,44)(H,38,40)(H,42,43)/b12-4-,36-21+/t24-,26+,28+,29-,35-/m0/s1. The van der Waals surface area contributed by atoms with Gasteiger partial charge in [-0.25, -0.2) is 9.59 Å². The molecule has 4 aliphatic rings. The zero-order chi connectivity index (χ0) is 32.8. The van der Waals surface area contributed by atoms with Gasteiger partial charge in [0.15, 0.2) is 0 Å². The third-order valence-corrected chi connectivity index (χ3v) is 10.5. The maximum atomic E-state index is 14.2. The number of hydrogen-bond donors (Lipinski definition) is 3. The molecule has 3 heterocycles. The molecular formula is C35H42N4O7S. The number of alkyl carbamates (subject to hydrolysis) is 1. The fourth-order valence-corrected chi connectivity index (χ4v) is 7.68. The van der Waals surface area contributed by atoms with Crippen molar-refractivity contribution in [2.75, 3.05) is 6.54 Å². The number of carboxylic acids is 1. The van der Waals surface area contributed by atoms with Gasteiger partial charge in [-0.3, -0.25) is 9.59 Å². The fraction of sp³-hybridized carbons (Fsp3) is 0.514. The molecule has 1 saturated heterocycles. The van der Waals surface area contributed by atoms with Gasteiger partial charge in [-0.1, -0.05) is 60.5 Å². The number of amides is 3. The van der Waals surface area contributed by atoms with E-state index in [1.165, 1.54) is 4.90 Å². The molecule has 250 valence electrons. The Morgan fingerprint density at radius 2 is 1.85 bits per heavy atom. The average molecular weight is 663 g/mol. The van der Waals surface area contributed by atoms with Gasteiger partial charge in [-0.05, 0) is 62.8 Å². The average Bonchev–Trinajstić information content (AvgIpc) is 3.55. The van der Waals surface area contributed by atoms with E-state index in [2.05, 4.69) is 15.8 Å². The number of thiophene rings is 1. The van der Waals surface area contributed by atoms with Crippen LogP contribution in [0.4, 0.5) is 4.79 Å². The maximum Gasteiger partial charge on any atom is 0.408 e. The topological polar surface area (TPSA) is 147 Å². The molecule has 12 heteroatoms. The molecule has 11 nitrogen and oxygen atoms in total. The first-order valence-corrected chi connectivity index (χ1v) is 17.5. The quantitative estimate of drug-likeness (QED) is 0.209. The molecule has 6 rings (SSSR count). The van der Waals surface area contributed by atoms with Crippen LogP contribution in [0.1, 0.15) is 76.2 Å². The summed E-state index contributed by atoms with van der Waals surface area (Å²) in [5.74, 6) is -2.40. The number of carbonyl (C=O) groups excluding carboxylic acids is 3. The van der Waals surface area contributed by atoms with E-state index >= 15 is 0 Å². The second-order valence-corrected chi connectivity index (χ2v) is 13.9. The summed E-state index contributed by atoms with van der Waals surface area (Å²) in [5, 5.41) is 21.9. The Morgan fingerprint density at radius 1 is 1.04 bits per heavy atom. The number of hydrogen-bond acceptors (Lipinski definition) is 8.